The first-order valence-electron chi connectivity index (χ1n) is 7.21. The van der Waals surface area contributed by atoms with E-state index >= 15 is 0 Å². The third-order valence-corrected chi connectivity index (χ3v) is 3.37. The molecule has 5 nitrogen and oxygen atoms in total. The molecule has 21 heavy (non-hydrogen) atoms. The number of methoxy groups -OCH3 is 2. The first-order chi connectivity index (χ1) is 10.3. The Labute approximate surface area is 125 Å². The van der Waals surface area contributed by atoms with Crippen molar-refractivity contribution in [2.75, 3.05) is 20.8 Å². The lowest BCUT2D eigenvalue weighted by atomic mass is 10.0. The number of rotatable bonds is 8. The van der Waals surface area contributed by atoms with Crippen LogP contribution in [0, 0.1) is 0 Å². The van der Waals surface area contributed by atoms with Crippen LogP contribution in [-0.2, 0) is 6.42 Å². The van der Waals surface area contributed by atoms with Crippen LogP contribution < -0.4 is 14.8 Å². The van der Waals surface area contributed by atoms with Crippen molar-refractivity contribution in [2.24, 2.45) is 0 Å². The number of nitrogens with one attached hydrogen (secondary N) is 2. The Kier molecular flexibility index (Phi) is 5.63. The number of aromatic amines is 1. The van der Waals surface area contributed by atoms with E-state index in [1.54, 1.807) is 20.4 Å². The predicted molar refractivity (Wildman–Crippen MR) is 82.9 cm³/mol. The Morgan fingerprint density at radius 3 is 2.43 bits per heavy atom. The van der Waals surface area contributed by atoms with Crippen LogP contribution in [0.5, 0.6) is 11.5 Å². The van der Waals surface area contributed by atoms with Gasteiger partial charge in [-0.25, -0.2) is 4.98 Å². The van der Waals surface area contributed by atoms with Crippen molar-refractivity contribution in [3.8, 4) is 11.5 Å². The van der Waals surface area contributed by atoms with Gasteiger partial charge >= 0.3 is 0 Å². The fraction of sp³-hybridized carbons (Fsp3) is 0.438. The van der Waals surface area contributed by atoms with E-state index in [0.29, 0.717) is 0 Å². The van der Waals surface area contributed by atoms with E-state index in [1.807, 2.05) is 24.4 Å². The molecule has 0 amide bonds. The van der Waals surface area contributed by atoms with E-state index in [-0.39, 0.29) is 6.04 Å². The molecule has 0 spiro atoms. The standard InChI is InChI=1S/C16H23N3O2/c1-4-5-17-15(11-16-18-6-7-19-16)12-8-13(20-2)10-14(9-12)21-3/h6-10,15,17H,4-5,11H2,1-3H3,(H,18,19). The van der Waals surface area contributed by atoms with E-state index < -0.39 is 0 Å². The first-order valence-corrected chi connectivity index (χ1v) is 7.21. The molecule has 0 aliphatic carbocycles. The molecule has 2 aromatic rings. The molecular formula is C16H23N3O2. The molecular weight excluding hydrogens is 266 g/mol. The highest BCUT2D eigenvalue weighted by molar-refractivity contribution is 5.40. The highest BCUT2D eigenvalue weighted by atomic mass is 16.5. The summed E-state index contributed by atoms with van der Waals surface area (Å²) < 4.78 is 10.7. The van der Waals surface area contributed by atoms with Crippen LogP contribution in [0.15, 0.2) is 30.6 Å². The molecule has 0 bridgehead atoms. The molecule has 114 valence electrons. The lowest BCUT2D eigenvalue weighted by molar-refractivity contribution is 0.391. The highest BCUT2D eigenvalue weighted by Gasteiger charge is 2.15. The summed E-state index contributed by atoms with van der Waals surface area (Å²) in [4.78, 5) is 7.47. The van der Waals surface area contributed by atoms with Crippen LogP contribution in [-0.4, -0.2) is 30.7 Å². The molecule has 0 aliphatic rings. The maximum absolute atomic E-state index is 5.36. The van der Waals surface area contributed by atoms with Crippen LogP contribution in [0.2, 0.25) is 0 Å². The van der Waals surface area contributed by atoms with Gasteiger partial charge < -0.3 is 19.8 Å². The Morgan fingerprint density at radius 1 is 1.19 bits per heavy atom. The third kappa shape index (κ3) is 4.23. The molecule has 0 saturated heterocycles. The van der Waals surface area contributed by atoms with E-state index in [2.05, 4.69) is 22.2 Å². The lowest BCUT2D eigenvalue weighted by Gasteiger charge is -2.19. The summed E-state index contributed by atoms with van der Waals surface area (Å²) in [7, 11) is 3.33. The average molecular weight is 289 g/mol. The summed E-state index contributed by atoms with van der Waals surface area (Å²) in [5.41, 5.74) is 1.14. The van der Waals surface area contributed by atoms with Gasteiger partial charge in [0.25, 0.3) is 0 Å². The molecule has 2 N–H and O–H groups in total. The van der Waals surface area contributed by atoms with Crippen LogP contribution in [0.1, 0.15) is 30.8 Å². The van der Waals surface area contributed by atoms with Gasteiger partial charge in [-0.15, -0.1) is 0 Å². The first kappa shape index (κ1) is 15.4. The predicted octanol–water partition coefficient (Wildman–Crippen LogP) is 2.71. The van der Waals surface area contributed by atoms with Crippen molar-refractivity contribution in [1.29, 1.82) is 0 Å². The summed E-state index contributed by atoms with van der Waals surface area (Å²) in [6.07, 6.45) is 5.50. The monoisotopic (exact) mass is 289 g/mol. The normalized spacial score (nSPS) is 12.1. The van der Waals surface area contributed by atoms with Gasteiger partial charge in [0.05, 0.1) is 14.2 Å². The molecule has 1 aromatic carbocycles. The second-order valence-corrected chi connectivity index (χ2v) is 4.89. The van der Waals surface area contributed by atoms with Crippen molar-refractivity contribution in [1.82, 2.24) is 15.3 Å². The van der Waals surface area contributed by atoms with Gasteiger partial charge in [-0.05, 0) is 30.7 Å². The number of H-pyrrole nitrogens is 1. The number of hydrogen-bond donors (Lipinski definition) is 2. The van der Waals surface area contributed by atoms with Crippen molar-refractivity contribution in [3.05, 3.63) is 42.0 Å². The van der Waals surface area contributed by atoms with E-state index in [4.69, 9.17) is 9.47 Å². The number of aromatic nitrogens is 2. The maximum atomic E-state index is 5.36. The van der Waals surface area contributed by atoms with Crippen LogP contribution in [0.3, 0.4) is 0 Å². The summed E-state index contributed by atoms with van der Waals surface area (Å²) in [5, 5.41) is 3.56. The maximum Gasteiger partial charge on any atom is 0.122 e. The van der Waals surface area contributed by atoms with Gasteiger partial charge in [0.1, 0.15) is 17.3 Å². The fourth-order valence-electron chi connectivity index (χ4n) is 2.26. The Bertz CT molecular complexity index is 518. The number of imidazole rings is 1. The summed E-state index contributed by atoms with van der Waals surface area (Å²) in [5.74, 6) is 2.56. The zero-order valence-electron chi connectivity index (χ0n) is 12.8. The molecule has 1 unspecified atom stereocenters. The minimum absolute atomic E-state index is 0.167. The summed E-state index contributed by atoms with van der Waals surface area (Å²) in [6, 6.07) is 6.13. The van der Waals surface area contributed by atoms with Crippen molar-refractivity contribution < 1.29 is 9.47 Å². The minimum Gasteiger partial charge on any atom is -0.497 e. The SMILES string of the molecule is CCCNC(Cc1ncc[nH]1)c1cc(OC)cc(OC)c1. The second kappa shape index (κ2) is 7.69. The fourth-order valence-corrected chi connectivity index (χ4v) is 2.26. The Morgan fingerprint density at radius 2 is 1.90 bits per heavy atom. The molecule has 1 heterocycles. The zero-order chi connectivity index (χ0) is 15.1. The minimum atomic E-state index is 0.167. The van der Waals surface area contributed by atoms with Crippen molar-refractivity contribution >= 4 is 0 Å². The van der Waals surface area contributed by atoms with Crippen molar-refractivity contribution in [2.45, 2.75) is 25.8 Å². The largest absolute Gasteiger partial charge is 0.497 e. The average Bonchev–Trinajstić information content (AvgIpc) is 3.03. The van der Waals surface area contributed by atoms with E-state index in [1.165, 1.54) is 0 Å². The van der Waals surface area contributed by atoms with E-state index in [9.17, 15) is 0 Å². The molecule has 5 heteroatoms. The second-order valence-electron chi connectivity index (χ2n) is 4.89. The molecule has 0 fully saturated rings. The molecule has 0 aliphatic heterocycles. The summed E-state index contributed by atoms with van der Waals surface area (Å²) in [6.45, 7) is 3.11. The molecule has 0 saturated carbocycles. The number of hydrogen-bond acceptors (Lipinski definition) is 4. The van der Waals surface area contributed by atoms with Crippen LogP contribution in [0.25, 0.3) is 0 Å². The van der Waals surface area contributed by atoms with Gasteiger partial charge in [-0.1, -0.05) is 6.92 Å². The molecule has 1 aromatic heterocycles. The van der Waals surface area contributed by atoms with Crippen molar-refractivity contribution in [3.63, 3.8) is 0 Å². The van der Waals surface area contributed by atoms with E-state index in [0.717, 1.165) is 42.3 Å². The third-order valence-electron chi connectivity index (χ3n) is 3.37. The summed E-state index contributed by atoms with van der Waals surface area (Å²) >= 11 is 0. The quantitative estimate of drug-likeness (QED) is 0.784. The number of ether oxygens (including phenoxy) is 2. The Balaban J connectivity index is 2.25. The molecule has 0 radical (unpaired) electrons. The van der Waals surface area contributed by atoms with Gasteiger partial charge in [-0.3, -0.25) is 0 Å². The number of benzene rings is 1. The molecule has 2 rings (SSSR count). The van der Waals surface area contributed by atoms with Gasteiger partial charge in [-0.2, -0.15) is 0 Å². The topological polar surface area (TPSA) is 59.2 Å². The van der Waals surface area contributed by atoms with Gasteiger partial charge in [0.2, 0.25) is 0 Å². The lowest BCUT2D eigenvalue weighted by Crippen LogP contribution is -2.24. The molecule has 1 atom stereocenters. The zero-order valence-corrected chi connectivity index (χ0v) is 12.8. The highest BCUT2D eigenvalue weighted by Crippen LogP contribution is 2.27. The number of nitrogens with zero attached hydrogens (tertiary/aromatic N) is 1. The smallest absolute Gasteiger partial charge is 0.122 e. The van der Waals surface area contributed by atoms with Gasteiger partial charge in [0, 0.05) is 30.9 Å². The van der Waals surface area contributed by atoms with Crippen LogP contribution >= 0.6 is 0 Å². The Hall–Kier alpha value is -2.01. The van der Waals surface area contributed by atoms with Gasteiger partial charge in [0.15, 0.2) is 0 Å². The van der Waals surface area contributed by atoms with Crippen LogP contribution in [0.4, 0.5) is 0 Å².